The van der Waals surface area contributed by atoms with Gasteiger partial charge in [0.05, 0.1) is 0 Å². The molecule has 3 nitrogen and oxygen atoms in total. The molecule has 0 rings (SSSR count). The Hall–Kier alpha value is 0.00987. The average Bonchev–Trinajstić information content (AvgIpc) is 1.33. The monoisotopic (exact) mass is 115 g/mol. The Bertz CT molecular complexity index is 26.5. The molecule has 0 aliphatic heterocycles. The Kier molecular flexibility index (Phi) is 30.9. The van der Waals surface area contributed by atoms with Crippen molar-refractivity contribution in [3.63, 3.8) is 0 Å². The van der Waals surface area contributed by atoms with Crippen LogP contribution < -0.4 is 0 Å². The Labute approximate surface area is 53.2 Å². The van der Waals surface area contributed by atoms with Crippen LogP contribution in [0.3, 0.4) is 0 Å². The van der Waals surface area contributed by atoms with Gasteiger partial charge in [0.2, 0.25) is 0 Å². The van der Waals surface area contributed by atoms with E-state index in [-0.39, 0.29) is 16.1 Å². The molecule has 0 aromatic rings. The standard InChI is InChI=1S/C3H9N.BH2O2.B/c1-4(2)3;2-1-3;/h1-3H3;2-3H;. The highest BCUT2D eigenvalue weighted by molar-refractivity contribution is 6.13. The second-order valence-electron chi connectivity index (χ2n) is 1.46. The van der Waals surface area contributed by atoms with E-state index in [4.69, 9.17) is 10.0 Å². The Morgan fingerprint density at radius 3 is 1.12 bits per heavy atom. The van der Waals surface area contributed by atoms with E-state index in [2.05, 4.69) is 0 Å². The molecule has 0 atom stereocenters. The zero-order valence-electron chi connectivity index (χ0n) is 5.50. The van der Waals surface area contributed by atoms with Gasteiger partial charge >= 0.3 is 7.69 Å². The zero-order chi connectivity index (χ0) is 6.28. The third-order valence-corrected chi connectivity index (χ3v) is 0. The molecule has 4 radical (unpaired) electrons. The number of nitrogens with zero attached hydrogens (tertiary/aromatic N) is 1. The summed E-state index contributed by atoms with van der Waals surface area (Å²) in [4.78, 5) is 2.00. The van der Waals surface area contributed by atoms with Crippen molar-refractivity contribution in [1.29, 1.82) is 0 Å². The van der Waals surface area contributed by atoms with Crippen molar-refractivity contribution < 1.29 is 10.0 Å². The summed E-state index contributed by atoms with van der Waals surface area (Å²) in [5.41, 5.74) is 0. The second kappa shape index (κ2) is 15.7. The van der Waals surface area contributed by atoms with E-state index in [9.17, 15) is 0 Å². The van der Waals surface area contributed by atoms with Crippen LogP contribution in [-0.4, -0.2) is 52.2 Å². The fourth-order valence-electron chi connectivity index (χ4n) is 0. The quantitative estimate of drug-likeness (QED) is 0.370. The SMILES string of the molecule is CN(C)C.O[B]O.[B]. The van der Waals surface area contributed by atoms with Gasteiger partial charge in [-0.2, -0.15) is 0 Å². The molecule has 0 aromatic heterocycles. The van der Waals surface area contributed by atoms with Gasteiger partial charge in [-0.1, -0.05) is 0 Å². The molecule has 0 spiro atoms. The highest BCUT2D eigenvalue weighted by Gasteiger charge is 1.58. The van der Waals surface area contributed by atoms with Gasteiger partial charge in [0.25, 0.3) is 0 Å². The van der Waals surface area contributed by atoms with Crippen LogP contribution in [0.2, 0.25) is 0 Å². The Balaban J connectivity index is -0.0000000575. The van der Waals surface area contributed by atoms with Gasteiger partial charge in [-0.25, -0.2) is 0 Å². The number of hydrogen-bond acceptors (Lipinski definition) is 3. The van der Waals surface area contributed by atoms with Crippen molar-refractivity contribution in [2.24, 2.45) is 0 Å². The largest absolute Gasteiger partial charge is 0.482 e. The molecule has 2 N–H and O–H groups in total. The lowest BCUT2D eigenvalue weighted by molar-refractivity contribution is 0.448. The minimum atomic E-state index is 0. The van der Waals surface area contributed by atoms with Crippen molar-refractivity contribution in [2.45, 2.75) is 0 Å². The topological polar surface area (TPSA) is 43.7 Å². The Morgan fingerprint density at radius 1 is 1.12 bits per heavy atom. The van der Waals surface area contributed by atoms with Gasteiger partial charge in [0, 0.05) is 8.41 Å². The van der Waals surface area contributed by atoms with Crippen molar-refractivity contribution in [3.8, 4) is 0 Å². The van der Waals surface area contributed by atoms with E-state index in [0.717, 1.165) is 0 Å². The maximum Gasteiger partial charge on any atom is 0.482 e. The lowest BCUT2D eigenvalue weighted by Crippen LogP contribution is -1.99. The van der Waals surface area contributed by atoms with Crippen LogP contribution in [0.5, 0.6) is 0 Å². The summed E-state index contributed by atoms with van der Waals surface area (Å²) >= 11 is 0. The fraction of sp³-hybridized carbons (Fsp3) is 1.00. The molecule has 0 heterocycles. The van der Waals surface area contributed by atoms with Gasteiger partial charge in [-0.3, -0.25) is 0 Å². The third-order valence-electron chi connectivity index (χ3n) is 0. The zero-order valence-corrected chi connectivity index (χ0v) is 5.50. The summed E-state index contributed by atoms with van der Waals surface area (Å²) in [6.45, 7) is 0. The molecule has 0 saturated carbocycles. The smallest absolute Gasteiger partial charge is 0.429 e. The summed E-state index contributed by atoms with van der Waals surface area (Å²) in [6.07, 6.45) is 0. The minimum Gasteiger partial charge on any atom is -0.429 e. The summed E-state index contributed by atoms with van der Waals surface area (Å²) in [5, 5.41) is 14.0. The molecule has 5 heteroatoms. The molecule has 0 unspecified atom stereocenters. The molecule has 8 heavy (non-hydrogen) atoms. The van der Waals surface area contributed by atoms with Crippen molar-refractivity contribution in [1.82, 2.24) is 4.90 Å². The summed E-state index contributed by atoms with van der Waals surface area (Å²) in [5.74, 6) is 0. The average molecular weight is 115 g/mol. The molecular formula is C3H11B2NO2. The number of rotatable bonds is 0. The first-order valence-corrected chi connectivity index (χ1v) is 1.86. The molecule has 0 amide bonds. The van der Waals surface area contributed by atoms with Crippen LogP contribution in [-0.2, 0) is 0 Å². The van der Waals surface area contributed by atoms with Crippen LogP contribution in [0.25, 0.3) is 0 Å². The first-order valence-electron chi connectivity index (χ1n) is 1.86. The maximum atomic E-state index is 7.00. The lowest BCUT2D eigenvalue weighted by Gasteiger charge is -1.90. The highest BCUT2D eigenvalue weighted by Crippen LogP contribution is 1.47. The van der Waals surface area contributed by atoms with Gasteiger partial charge in [-0.15, -0.1) is 0 Å². The molecule has 0 saturated heterocycles. The fourth-order valence-corrected chi connectivity index (χ4v) is 0. The van der Waals surface area contributed by atoms with Gasteiger partial charge in [-0.05, 0) is 21.1 Å². The normalized spacial score (nSPS) is 6.25. The highest BCUT2D eigenvalue weighted by atomic mass is 16.4. The molecule has 0 aliphatic rings. The molecule has 0 fully saturated rings. The van der Waals surface area contributed by atoms with Crippen LogP contribution in [0.15, 0.2) is 0 Å². The van der Waals surface area contributed by atoms with Crippen molar-refractivity contribution in [2.75, 3.05) is 21.1 Å². The van der Waals surface area contributed by atoms with Crippen LogP contribution >= 0.6 is 0 Å². The molecule has 46 valence electrons. The van der Waals surface area contributed by atoms with E-state index in [1.54, 1.807) is 0 Å². The van der Waals surface area contributed by atoms with Crippen molar-refractivity contribution in [3.05, 3.63) is 0 Å². The summed E-state index contributed by atoms with van der Waals surface area (Å²) in [6, 6.07) is 0. The molecular weight excluding hydrogens is 104 g/mol. The summed E-state index contributed by atoms with van der Waals surface area (Å²) in [7, 11) is 6.00. The van der Waals surface area contributed by atoms with Crippen LogP contribution in [0.1, 0.15) is 0 Å². The summed E-state index contributed by atoms with van der Waals surface area (Å²) < 4.78 is 0. The minimum absolute atomic E-state index is 0. The first kappa shape index (κ1) is 15.7. The first-order chi connectivity index (χ1) is 3.15. The second-order valence-corrected chi connectivity index (χ2v) is 1.46. The van der Waals surface area contributed by atoms with Gasteiger partial charge < -0.3 is 14.9 Å². The molecule has 0 bridgehead atoms. The van der Waals surface area contributed by atoms with E-state index >= 15 is 0 Å². The van der Waals surface area contributed by atoms with E-state index in [1.807, 2.05) is 26.0 Å². The van der Waals surface area contributed by atoms with E-state index < -0.39 is 0 Å². The third kappa shape index (κ3) is 1550000. The van der Waals surface area contributed by atoms with Crippen LogP contribution in [0, 0.1) is 0 Å². The van der Waals surface area contributed by atoms with Crippen molar-refractivity contribution >= 4 is 16.1 Å². The predicted octanol–water partition coefficient (Wildman–Crippen LogP) is -1.70. The van der Waals surface area contributed by atoms with Crippen LogP contribution in [0.4, 0.5) is 0 Å². The van der Waals surface area contributed by atoms with Gasteiger partial charge in [0.1, 0.15) is 0 Å². The van der Waals surface area contributed by atoms with E-state index in [0.29, 0.717) is 0 Å². The predicted molar refractivity (Wildman–Crippen MR) is 35.6 cm³/mol. The molecule has 0 aromatic carbocycles. The number of hydrogen-bond donors (Lipinski definition) is 2. The van der Waals surface area contributed by atoms with E-state index in [1.165, 1.54) is 0 Å². The molecule has 0 aliphatic carbocycles. The lowest BCUT2D eigenvalue weighted by atomic mass is 10.5. The van der Waals surface area contributed by atoms with Gasteiger partial charge in [0.15, 0.2) is 0 Å². The Morgan fingerprint density at radius 2 is 1.12 bits per heavy atom. The maximum absolute atomic E-state index is 7.00.